The molecule has 4 nitrogen and oxygen atoms in total. The average molecular weight is 448 g/mol. The Hall–Kier alpha value is -1.85. The minimum absolute atomic E-state index is 0.0916. The Kier molecular flexibility index (Phi) is 5.85. The monoisotopic (exact) mass is 447 g/mol. The van der Waals surface area contributed by atoms with Gasteiger partial charge in [-0.3, -0.25) is 4.79 Å². The number of benzene rings is 2. The van der Waals surface area contributed by atoms with Crippen LogP contribution in [0, 0.1) is 0 Å². The summed E-state index contributed by atoms with van der Waals surface area (Å²) in [6.07, 6.45) is 0. The van der Waals surface area contributed by atoms with Crippen molar-refractivity contribution in [2.45, 2.75) is 62.5 Å². The molecule has 0 bridgehead atoms. The maximum absolute atomic E-state index is 13.2. The van der Waals surface area contributed by atoms with E-state index in [9.17, 15) is 13.2 Å². The number of hydrogen-bond acceptors (Lipinski definition) is 3. The topological polar surface area (TPSA) is 54.5 Å². The van der Waals surface area contributed by atoms with Crippen LogP contribution < -0.4 is 0 Å². The number of amides is 1. The van der Waals surface area contributed by atoms with E-state index in [1.54, 1.807) is 17.0 Å². The molecule has 1 saturated heterocycles. The van der Waals surface area contributed by atoms with Crippen LogP contribution in [0.25, 0.3) is 0 Å². The predicted octanol–water partition coefficient (Wildman–Crippen LogP) is 5.23. The van der Waals surface area contributed by atoms with Crippen molar-refractivity contribution in [2.24, 2.45) is 0 Å². The number of carbonyl (C=O) groups excluding carboxylic acids is 1. The van der Waals surface area contributed by atoms with Gasteiger partial charge < -0.3 is 4.90 Å². The molecule has 1 aliphatic heterocycles. The molecule has 0 N–H and O–H groups in total. The van der Waals surface area contributed by atoms with Crippen LogP contribution in [0.2, 0.25) is 5.02 Å². The minimum Gasteiger partial charge on any atom is -0.336 e. The third kappa shape index (κ3) is 4.57. The van der Waals surface area contributed by atoms with Gasteiger partial charge in [0.1, 0.15) is 5.25 Å². The number of carbonyl (C=O) groups is 1. The Bertz CT molecular complexity index is 1020. The summed E-state index contributed by atoms with van der Waals surface area (Å²) in [5.74, 6) is -0.117. The lowest BCUT2D eigenvalue weighted by Gasteiger charge is -2.39. The molecule has 1 fully saturated rings. The second kappa shape index (κ2) is 7.69. The van der Waals surface area contributed by atoms with Gasteiger partial charge >= 0.3 is 0 Å². The van der Waals surface area contributed by atoms with Gasteiger partial charge in [-0.05, 0) is 58.4 Å². The van der Waals surface area contributed by atoms with Crippen molar-refractivity contribution in [3.8, 4) is 0 Å². The first-order valence-electron chi connectivity index (χ1n) is 10.1. The Labute approximate surface area is 185 Å². The highest BCUT2D eigenvalue weighted by Gasteiger charge is 2.41. The lowest BCUT2D eigenvalue weighted by Crippen LogP contribution is -2.56. The van der Waals surface area contributed by atoms with Crippen molar-refractivity contribution in [1.82, 2.24) is 4.90 Å². The number of rotatable bonds is 3. The van der Waals surface area contributed by atoms with Gasteiger partial charge in [0.15, 0.2) is 9.84 Å². The molecule has 0 aliphatic carbocycles. The van der Waals surface area contributed by atoms with Gasteiger partial charge in [0, 0.05) is 23.7 Å². The van der Waals surface area contributed by atoms with Crippen LogP contribution in [0.4, 0.5) is 0 Å². The standard InChI is InChI=1S/C24H30ClNO3S/c1-23(2,3)17-11-16(12-18(13-17)24(4,5)6)22(27)26-14-21(15-26)30(28,29)20-9-7-19(25)8-10-20/h7-13,21H,14-15H2,1-6H3. The van der Waals surface area contributed by atoms with Gasteiger partial charge in [-0.25, -0.2) is 8.42 Å². The molecule has 1 aliphatic rings. The summed E-state index contributed by atoms with van der Waals surface area (Å²) < 4.78 is 25.6. The van der Waals surface area contributed by atoms with Gasteiger partial charge in [0.05, 0.1) is 4.90 Å². The molecule has 0 radical (unpaired) electrons. The normalized spacial score (nSPS) is 15.8. The number of likely N-dealkylation sites (tertiary alicyclic amines) is 1. The van der Waals surface area contributed by atoms with Crippen LogP contribution in [0.5, 0.6) is 0 Å². The van der Waals surface area contributed by atoms with E-state index >= 15 is 0 Å². The predicted molar refractivity (Wildman–Crippen MR) is 122 cm³/mol. The van der Waals surface area contributed by atoms with Crippen molar-refractivity contribution in [2.75, 3.05) is 13.1 Å². The van der Waals surface area contributed by atoms with E-state index in [2.05, 4.69) is 47.6 Å². The smallest absolute Gasteiger partial charge is 0.253 e. The zero-order valence-corrected chi connectivity index (χ0v) is 20.1. The van der Waals surface area contributed by atoms with Crippen LogP contribution >= 0.6 is 11.6 Å². The fourth-order valence-electron chi connectivity index (χ4n) is 3.42. The molecule has 6 heteroatoms. The Balaban J connectivity index is 1.83. The molecular formula is C24H30ClNO3S. The quantitative estimate of drug-likeness (QED) is 0.647. The molecule has 162 valence electrons. The summed E-state index contributed by atoms with van der Waals surface area (Å²) in [6.45, 7) is 13.2. The molecule has 0 atom stereocenters. The summed E-state index contributed by atoms with van der Waals surface area (Å²) in [5.41, 5.74) is 2.64. The van der Waals surface area contributed by atoms with Crippen molar-refractivity contribution < 1.29 is 13.2 Å². The molecule has 1 heterocycles. The number of hydrogen-bond donors (Lipinski definition) is 0. The van der Waals surface area contributed by atoms with E-state index in [0.29, 0.717) is 10.6 Å². The van der Waals surface area contributed by atoms with Crippen LogP contribution in [0.15, 0.2) is 47.4 Å². The van der Waals surface area contributed by atoms with E-state index in [1.165, 1.54) is 12.1 Å². The van der Waals surface area contributed by atoms with Crippen molar-refractivity contribution in [3.05, 3.63) is 64.2 Å². The van der Waals surface area contributed by atoms with E-state index in [0.717, 1.165) is 11.1 Å². The van der Waals surface area contributed by atoms with Crippen LogP contribution in [-0.2, 0) is 20.7 Å². The highest BCUT2D eigenvalue weighted by molar-refractivity contribution is 7.92. The largest absolute Gasteiger partial charge is 0.336 e. The second-order valence-corrected chi connectivity index (χ2v) is 12.8. The SMILES string of the molecule is CC(C)(C)c1cc(C(=O)N2CC(S(=O)(=O)c3ccc(Cl)cc3)C2)cc(C(C)(C)C)c1. The Morgan fingerprint density at radius 1 is 0.900 bits per heavy atom. The summed E-state index contributed by atoms with van der Waals surface area (Å²) in [5, 5.41) is -0.0942. The first-order chi connectivity index (χ1) is 13.7. The van der Waals surface area contributed by atoms with Gasteiger partial charge in [0.2, 0.25) is 0 Å². The second-order valence-electron chi connectivity index (χ2n) is 10.1. The van der Waals surface area contributed by atoms with Gasteiger partial charge in [-0.1, -0.05) is 59.2 Å². The average Bonchev–Trinajstić information content (AvgIpc) is 2.58. The number of sulfone groups is 1. The molecule has 0 spiro atoms. The van der Waals surface area contributed by atoms with Crippen molar-refractivity contribution in [1.29, 1.82) is 0 Å². The lowest BCUT2D eigenvalue weighted by molar-refractivity contribution is 0.0658. The Morgan fingerprint density at radius 2 is 1.37 bits per heavy atom. The van der Waals surface area contributed by atoms with Gasteiger partial charge in [0.25, 0.3) is 5.91 Å². The molecule has 30 heavy (non-hydrogen) atoms. The first kappa shape index (κ1) is 22.8. The third-order valence-corrected chi connectivity index (χ3v) is 7.99. The molecule has 2 aromatic rings. The third-order valence-electron chi connectivity index (χ3n) is 5.63. The maximum Gasteiger partial charge on any atom is 0.253 e. The van der Waals surface area contributed by atoms with E-state index < -0.39 is 15.1 Å². The molecule has 2 aromatic carbocycles. The highest BCUT2D eigenvalue weighted by Crippen LogP contribution is 2.32. The van der Waals surface area contributed by atoms with Crippen molar-refractivity contribution in [3.63, 3.8) is 0 Å². The van der Waals surface area contributed by atoms with Crippen LogP contribution in [0.3, 0.4) is 0 Å². The minimum atomic E-state index is -3.48. The van der Waals surface area contributed by atoms with Gasteiger partial charge in [-0.15, -0.1) is 0 Å². The summed E-state index contributed by atoms with van der Waals surface area (Å²) in [4.78, 5) is 15.0. The summed E-state index contributed by atoms with van der Waals surface area (Å²) in [7, 11) is -3.48. The summed E-state index contributed by atoms with van der Waals surface area (Å²) in [6, 6.07) is 12.2. The fraction of sp³-hybridized carbons (Fsp3) is 0.458. The molecule has 0 aromatic heterocycles. The van der Waals surface area contributed by atoms with E-state index in [-0.39, 0.29) is 34.7 Å². The van der Waals surface area contributed by atoms with E-state index in [1.807, 2.05) is 12.1 Å². The van der Waals surface area contributed by atoms with E-state index in [4.69, 9.17) is 11.6 Å². The van der Waals surface area contributed by atoms with Crippen LogP contribution in [-0.4, -0.2) is 37.6 Å². The van der Waals surface area contributed by atoms with Gasteiger partial charge in [-0.2, -0.15) is 0 Å². The molecule has 0 saturated carbocycles. The zero-order valence-electron chi connectivity index (χ0n) is 18.5. The van der Waals surface area contributed by atoms with Crippen LogP contribution in [0.1, 0.15) is 63.0 Å². The lowest BCUT2D eigenvalue weighted by atomic mass is 9.79. The number of nitrogens with zero attached hydrogens (tertiary/aromatic N) is 1. The summed E-state index contributed by atoms with van der Waals surface area (Å²) >= 11 is 5.86. The fourth-order valence-corrected chi connectivity index (χ4v) is 5.20. The first-order valence-corrected chi connectivity index (χ1v) is 12.1. The molecule has 0 unspecified atom stereocenters. The Morgan fingerprint density at radius 3 is 1.80 bits per heavy atom. The molecule has 1 amide bonds. The number of halogens is 1. The zero-order chi connectivity index (χ0) is 22.5. The molecular weight excluding hydrogens is 418 g/mol. The molecule has 3 rings (SSSR count). The maximum atomic E-state index is 13.2. The van der Waals surface area contributed by atoms with Crippen molar-refractivity contribution >= 4 is 27.3 Å². The highest BCUT2D eigenvalue weighted by atomic mass is 35.5.